The molecular weight excluding hydrogens is 376 g/mol. The van der Waals surface area contributed by atoms with E-state index in [9.17, 15) is 8.42 Å². The number of halogens is 1. The van der Waals surface area contributed by atoms with Crippen LogP contribution in [0.1, 0.15) is 30.4 Å². The van der Waals surface area contributed by atoms with Gasteiger partial charge in [-0.15, -0.1) is 11.3 Å². The lowest BCUT2D eigenvalue weighted by Gasteiger charge is -2.48. The van der Waals surface area contributed by atoms with Gasteiger partial charge in [0.2, 0.25) is 10.0 Å². The van der Waals surface area contributed by atoms with Gasteiger partial charge in [-0.2, -0.15) is 0 Å². The number of thiophene rings is 1. The van der Waals surface area contributed by atoms with Gasteiger partial charge in [-0.25, -0.2) is 13.1 Å². The Bertz CT molecular complexity index is 971. The molecule has 2 saturated carbocycles. The van der Waals surface area contributed by atoms with E-state index in [1.165, 1.54) is 11.1 Å². The van der Waals surface area contributed by atoms with Crippen LogP contribution < -0.4 is 10.5 Å². The monoisotopic (exact) mass is 394 g/mol. The third-order valence-corrected chi connectivity index (χ3v) is 9.59. The second-order valence-electron chi connectivity index (χ2n) is 7.60. The summed E-state index contributed by atoms with van der Waals surface area (Å²) in [6, 6.07) is 9.41. The predicted octanol–water partition coefficient (Wildman–Crippen LogP) is 3.55. The number of fused-ring (bicyclic) bond motifs is 5. The van der Waals surface area contributed by atoms with Crippen molar-refractivity contribution < 1.29 is 8.42 Å². The number of hydrogen-bond acceptors (Lipinski definition) is 4. The highest BCUT2D eigenvalue weighted by Crippen LogP contribution is 2.63. The zero-order chi connectivity index (χ0) is 17.4. The third-order valence-electron chi connectivity index (χ3n) is 6.41. The fraction of sp³-hybridized carbons (Fsp3) is 0.444. The van der Waals surface area contributed by atoms with Gasteiger partial charge >= 0.3 is 0 Å². The number of nitrogen functional groups attached to an aromatic ring is 1. The maximum absolute atomic E-state index is 12.8. The molecule has 25 heavy (non-hydrogen) atoms. The summed E-state index contributed by atoms with van der Waals surface area (Å²) in [6.45, 7) is 0. The van der Waals surface area contributed by atoms with E-state index in [0.29, 0.717) is 20.4 Å². The molecule has 4 unspecified atom stereocenters. The van der Waals surface area contributed by atoms with Crippen molar-refractivity contribution in [2.24, 2.45) is 11.8 Å². The number of sulfonamides is 1. The normalized spacial score (nSPS) is 32.8. The minimum atomic E-state index is -3.51. The van der Waals surface area contributed by atoms with E-state index in [0.717, 1.165) is 42.7 Å². The first kappa shape index (κ1) is 16.1. The fourth-order valence-electron chi connectivity index (χ4n) is 5.46. The molecule has 5 rings (SSSR count). The van der Waals surface area contributed by atoms with Gasteiger partial charge in [0.15, 0.2) is 0 Å². The van der Waals surface area contributed by atoms with Crippen LogP contribution in [0.4, 0.5) is 5.69 Å². The van der Waals surface area contributed by atoms with Gasteiger partial charge < -0.3 is 5.73 Å². The summed E-state index contributed by atoms with van der Waals surface area (Å²) in [4.78, 5) is 0. The van der Waals surface area contributed by atoms with Crippen LogP contribution in [0.3, 0.4) is 0 Å². The van der Waals surface area contributed by atoms with E-state index in [2.05, 4.69) is 16.9 Å². The Morgan fingerprint density at radius 2 is 2.08 bits per heavy atom. The number of anilines is 1. The number of rotatable bonds is 3. The molecule has 1 heterocycles. The summed E-state index contributed by atoms with van der Waals surface area (Å²) >= 11 is 7.02. The highest BCUT2D eigenvalue weighted by molar-refractivity contribution is 7.91. The summed E-state index contributed by atoms with van der Waals surface area (Å²) in [7, 11) is -3.51. The Morgan fingerprint density at radius 1 is 1.24 bits per heavy atom. The topological polar surface area (TPSA) is 72.2 Å². The smallest absolute Gasteiger partial charge is 0.250 e. The first-order valence-corrected chi connectivity index (χ1v) is 11.2. The largest absolute Gasteiger partial charge is 0.399 e. The molecule has 2 fully saturated rings. The van der Waals surface area contributed by atoms with Crippen molar-refractivity contribution in [2.75, 3.05) is 5.73 Å². The summed E-state index contributed by atoms with van der Waals surface area (Å²) in [5.74, 6) is 0.766. The van der Waals surface area contributed by atoms with Crippen molar-refractivity contribution in [3.63, 3.8) is 0 Å². The van der Waals surface area contributed by atoms with E-state index in [1.54, 1.807) is 12.1 Å². The van der Waals surface area contributed by atoms with Crippen LogP contribution in [0.15, 0.2) is 34.5 Å². The maximum atomic E-state index is 12.8. The molecule has 1 aromatic carbocycles. The molecule has 132 valence electrons. The second-order valence-corrected chi connectivity index (χ2v) is 11.3. The first-order valence-electron chi connectivity index (χ1n) is 8.56. The Morgan fingerprint density at radius 3 is 2.84 bits per heavy atom. The van der Waals surface area contributed by atoms with Crippen molar-refractivity contribution in [1.82, 2.24) is 4.72 Å². The second kappa shape index (κ2) is 5.22. The molecule has 0 radical (unpaired) electrons. The molecule has 0 amide bonds. The number of benzene rings is 1. The molecule has 0 aliphatic heterocycles. The number of nitrogens with two attached hydrogens (primary N) is 1. The molecule has 2 aromatic rings. The van der Waals surface area contributed by atoms with Crippen molar-refractivity contribution in [3.8, 4) is 0 Å². The molecule has 4 atom stereocenters. The summed E-state index contributed by atoms with van der Waals surface area (Å²) in [5.41, 5.74) is 9.64. The zero-order valence-electron chi connectivity index (χ0n) is 13.5. The lowest BCUT2D eigenvalue weighted by molar-refractivity contribution is 0.226. The van der Waals surface area contributed by atoms with Gasteiger partial charge in [0.1, 0.15) is 4.21 Å². The van der Waals surface area contributed by atoms with E-state index < -0.39 is 10.0 Å². The highest BCUT2D eigenvalue weighted by atomic mass is 35.5. The van der Waals surface area contributed by atoms with Crippen molar-refractivity contribution in [3.05, 3.63) is 45.8 Å². The van der Waals surface area contributed by atoms with E-state index >= 15 is 0 Å². The Hall–Kier alpha value is -1.08. The van der Waals surface area contributed by atoms with Crippen LogP contribution in [0, 0.1) is 11.8 Å². The summed E-state index contributed by atoms with van der Waals surface area (Å²) in [6.07, 6.45) is 4.29. The molecule has 1 aromatic heterocycles. The van der Waals surface area contributed by atoms with Gasteiger partial charge in [0.05, 0.1) is 4.34 Å². The average Bonchev–Trinajstić information content (AvgIpc) is 3.23. The van der Waals surface area contributed by atoms with E-state index in [-0.39, 0.29) is 11.5 Å². The number of nitrogens with one attached hydrogen (secondary N) is 1. The summed E-state index contributed by atoms with van der Waals surface area (Å²) < 4.78 is 29.3. The van der Waals surface area contributed by atoms with E-state index in [1.807, 2.05) is 6.07 Å². The molecule has 1 spiro atoms. The SMILES string of the molecule is Nc1ccc2c(c1)C1(C2)CC2CCC1C2NS(=O)(=O)c1ccc(Cl)s1. The minimum absolute atomic E-state index is 0.0143. The quantitative estimate of drug-likeness (QED) is 0.782. The Labute approximate surface area is 156 Å². The average molecular weight is 395 g/mol. The van der Waals surface area contributed by atoms with Crippen LogP contribution in [-0.2, 0) is 21.9 Å². The highest BCUT2D eigenvalue weighted by Gasteiger charge is 2.62. The zero-order valence-corrected chi connectivity index (χ0v) is 15.9. The van der Waals surface area contributed by atoms with Crippen molar-refractivity contribution >= 4 is 38.6 Å². The maximum Gasteiger partial charge on any atom is 0.250 e. The molecular formula is C18H19ClN2O2S2. The molecule has 4 nitrogen and oxygen atoms in total. The van der Waals surface area contributed by atoms with Gasteiger partial charge in [-0.05, 0) is 72.9 Å². The van der Waals surface area contributed by atoms with Gasteiger partial charge in [0, 0.05) is 17.1 Å². The molecule has 3 N–H and O–H groups in total. The number of hydrogen-bond donors (Lipinski definition) is 2. The lowest BCUT2D eigenvalue weighted by Crippen LogP contribution is -2.47. The van der Waals surface area contributed by atoms with Crippen LogP contribution >= 0.6 is 22.9 Å². The van der Waals surface area contributed by atoms with Crippen LogP contribution in [0.25, 0.3) is 0 Å². The minimum Gasteiger partial charge on any atom is -0.399 e. The molecule has 3 aliphatic carbocycles. The van der Waals surface area contributed by atoms with Crippen molar-refractivity contribution in [1.29, 1.82) is 0 Å². The predicted molar refractivity (Wildman–Crippen MR) is 101 cm³/mol. The van der Waals surface area contributed by atoms with Crippen molar-refractivity contribution in [2.45, 2.75) is 41.3 Å². The standard InChI is InChI=1S/C18H19ClN2O2S2/c19-15-5-6-16(24-15)25(22,23)21-17-11-2-4-13(17)18(9-11)8-10-1-3-12(20)7-14(10)18/h1,3,5-7,11,13,17,21H,2,4,8-9,20H2. The molecule has 7 heteroatoms. The van der Waals surface area contributed by atoms with Crippen LogP contribution in [-0.4, -0.2) is 14.5 Å². The van der Waals surface area contributed by atoms with Crippen LogP contribution in [0.2, 0.25) is 4.34 Å². The molecule has 3 aliphatic rings. The van der Waals surface area contributed by atoms with Crippen LogP contribution in [0.5, 0.6) is 0 Å². The Kier molecular flexibility index (Phi) is 3.37. The van der Waals surface area contributed by atoms with Gasteiger partial charge in [-0.3, -0.25) is 0 Å². The fourth-order valence-corrected chi connectivity index (χ4v) is 8.31. The van der Waals surface area contributed by atoms with Gasteiger partial charge in [0.25, 0.3) is 0 Å². The molecule has 0 saturated heterocycles. The Balaban J connectivity index is 1.46. The van der Waals surface area contributed by atoms with E-state index in [4.69, 9.17) is 17.3 Å². The third kappa shape index (κ3) is 2.24. The van der Waals surface area contributed by atoms with Gasteiger partial charge in [-0.1, -0.05) is 17.7 Å². The summed E-state index contributed by atoms with van der Waals surface area (Å²) in [5, 5.41) is 0. The lowest BCUT2D eigenvalue weighted by atomic mass is 9.56. The first-order chi connectivity index (χ1) is 11.9. The molecule has 2 bridgehead atoms.